The van der Waals surface area contributed by atoms with Crippen LogP contribution in [0.2, 0.25) is 0 Å². The van der Waals surface area contributed by atoms with Crippen LogP contribution in [0.4, 0.5) is 4.39 Å². The second kappa shape index (κ2) is 4.99. The molecule has 0 saturated heterocycles. The molecular formula is C14H17FN2O2. The van der Waals surface area contributed by atoms with Crippen LogP contribution >= 0.6 is 0 Å². The lowest BCUT2D eigenvalue weighted by Crippen LogP contribution is -2.54. The predicted octanol–water partition coefficient (Wildman–Crippen LogP) is 1.24. The number of benzene rings is 1. The zero-order valence-electron chi connectivity index (χ0n) is 10.8. The Kier molecular flexibility index (Phi) is 3.55. The van der Waals surface area contributed by atoms with Crippen LogP contribution in [-0.4, -0.2) is 17.9 Å². The third kappa shape index (κ3) is 2.45. The SMILES string of the molecule is C[C@@H](NC(=O)C1(c2cccc(F)c2)CCC1)C(N)=O. The van der Waals surface area contributed by atoms with E-state index in [0.717, 1.165) is 6.42 Å². The topological polar surface area (TPSA) is 72.2 Å². The van der Waals surface area contributed by atoms with E-state index in [-0.39, 0.29) is 11.7 Å². The molecule has 3 N–H and O–H groups in total. The van der Waals surface area contributed by atoms with Gasteiger partial charge >= 0.3 is 0 Å². The number of carbonyl (C=O) groups excluding carboxylic acids is 2. The highest BCUT2D eigenvalue weighted by Gasteiger charge is 2.46. The van der Waals surface area contributed by atoms with E-state index >= 15 is 0 Å². The lowest BCUT2D eigenvalue weighted by Gasteiger charge is -2.41. The molecule has 1 saturated carbocycles. The number of carbonyl (C=O) groups is 2. The summed E-state index contributed by atoms with van der Waals surface area (Å²) in [5.74, 6) is -1.20. The summed E-state index contributed by atoms with van der Waals surface area (Å²) in [7, 11) is 0. The minimum absolute atomic E-state index is 0.254. The molecule has 0 aliphatic heterocycles. The standard InChI is InChI=1S/C14H17FN2O2/c1-9(12(16)18)17-13(19)14(6-3-7-14)10-4-2-5-11(15)8-10/h2,4-5,8-9H,3,6-7H2,1H3,(H2,16,18)(H,17,19)/t9-/m1/s1. The molecule has 0 aromatic heterocycles. The van der Waals surface area contributed by atoms with E-state index in [1.165, 1.54) is 19.1 Å². The highest BCUT2D eigenvalue weighted by molar-refractivity contribution is 5.93. The Morgan fingerprint density at radius 2 is 2.11 bits per heavy atom. The average Bonchev–Trinajstić information content (AvgIpc) is 2.27. The molecule has 1 aliphatic rings. The van der Waals surface area contributed by atoms with Gasteiger partial charge in [0, 0.05) is 0 Å². The molecular weight excluding hydrogens is 247 g/mol. The molecule has 5 heteroatoms. The molecule has 0 spiro atoms. The van der Waals surface area contributed by atoms with Crippen LogP contribution < -0.4 is 11.1 Å². The average molecular weight is 264 g/mol. The number of hydrogen-bond acceptors (Lipinski definition) is 2. The van der Waals surface area contributed by atoms with E-state index in [2.05, 4.69) is 5.32 Å². The number of nitrogens with one attached hydrogen (secondary N) is 1. The maximum Gasteiger partial charge on any atom is 0.239 e. The Bertz CT molecular complexity index is 512. The van der Waals surface area contributed by atoms with Crippen molar-refractivity contribution in [2.75, 3.05) is 0 Å². The minimum atomic E-state index is -0.724. The summed E-state index contributed by atoms with van der Waals surface area (Å²) >= 11 is 0. The number of hydrogen-bond donors (Lipinski definition) is 2. The molecule has 1 aromatic rings. The lowest BCUT2D eigenvalue weighted by atomic mass is 9.63. The van der Waals surface area contributed by atoms with Gasteiger partial charge in [0.2, 0.25) is 11.8 Å². The largest absolute Gasteiger partial charge is 0.368 e. The zero-order chi connectivity index (χ0) is 14.0. The van der Waals surface area contributed by atoms with E-state index < -0.39 is 17.4 Å². The normalized spacial score (nSPS) is 18.2. The van der Waals surface area contributed by atoms with Gasteiger partial charge in [-0.25, -0.2) is 4.39 Å². The molecule has 4 nitrogen and oxygen atoms in total. The van der Waals surface area contributed by atoms with Gasteiger partial charge in [0.05, 0.1) is 5.41 Å². The van der Waals surface area contributed by atoms with Gasteiger partial charge in [0.15, 0.2) is 0 Å². The highest BCUT2D eigenvalue weighted by atomic mass is 19.1. The lowest BCUT2D eigenvalue weighted by molar-refractivity contribution is -0.133. The third-order valence-electron chi connectivity index (χ3n) is 3.79. The smallest absolute Gasteiger partial charge is 0.239 e. The third-order valence-corrected chi connectivity index (χ3v) is 3.79. The van der Waals surface area contributed by atoms with E-state index in [1.54, 1.807) is 12.1 Å². The Hall–Kier alpha value is -1.91. The maximum atomic E-state index is 13.3. The van der Waals surface area contributed by atoms with Gasteiger partial charge < -0.3 is 11.1 Å². The van der Waals surface area contributed by atoms with Gasteiger partial charge in [-0.05, 0) is 37.5 Å². The molecule has 19 heavy (non-hydrogen) atoms. The number of primary amides is 1. The van der Waals surface area contributed by atoms with Crippen molar-refractivity contribution < 1.29 is 14.0 Å². The maximum absolute atomic E-state index is 13.3. The van der Waals surface area contributed by atoms with Gasteiger partial charge in [0.1, 0.15) is 11.9 Å². The van der Waals surface area contributed by atoms with Crippen molar-refractivity contribution in [3.63, 3.8) is 0 Å². The van der Waals surface area contributed by atoms with Crippen LogP contribution in [0, 0.1) is 5.82 Å². The van der Waals surface area contributed by atoms with E-state index in [1.807, 2.05) is 0 Å². The van der Waals surface area contributed by atoms with Crippen LogP contribution in [0.3, 0.4) is 0 Å². The number of halogens is 1. The summed E-state index contributed by atoms with van der Waals surface area (Å²) in [6.07, 6.45) is 2.23. The first kappa shape index (κ1) is 13.5. The highest BCUT2D eigenvalue weighted by Crippen LogP contribution is 2.44. The molecule has 2 rings (SSSR count). The second-order valence-corrected chi connectivity index (χ2v) is 5.04. The molecule has 0 bridgehead atoms. The molecule has 102 valence electrons. The fraction of sp³-hybridized carbons (Fsp3) is 0.429. The van der Waals surface area contributed by atoms with Crippen LogP contribution in [0.1, 0.15) is 31.7 Å². The van der Waals surface area contributed by atoms with E-state index in [0.29, 0.717) is 18.4 Å². The molecule has 1 aliphatic carbocycles. The quantitative estimate of drug-likeness (QED) is 0.858. The molecule has 1 aromatic carbocycles. The predicted molar refractivity (Wildman–Crippen MR) is 68.7 cm³/mol. The first-order valence-corrected chi connectivity index (χ1v) is 6.32. The molecule has 1 atom stereocenters. The van der Waals surface area contributed by atoms with Crippen molar-refractivity contribution >= 4 is 11.8 Å². The van der Waals surface area contributed by atoms with Crippen LogP contribution in [0.5, 0.6) is 0 Å². The zero-order valence-corrected chi connectivity index (χ0v) is 10.8. The summed E-state index contributed by atoms with van der Waals surface area (Å²) in [5, 5.41) is 2.60. The molecule has 0 heterocycles. The van der Waals surface area contributed by atoms with Crippen molar-refractivity contribution in [2.24, 2.45) is 5.73 Å². The first-order valence-electron chi connectivity index (χ1n) is 6.32. The summed E-state index contributed by atoms with van der Waals surface area (Å²) in [4.78, 5) is 23.3. The summed E-state index contributed by atoms with van der Waals surface area (Å²) in [6.45, 7) is 1.54. The molecule has 0 radical (unpaired) electrons. The van der Waals surface area contributed by atoms with Crippen LogP contribution in [0.15, 0.2) is 24.3 Å². The second-order valence-electron chi connectivity index (χ2n) is 5.04. The minimum Gasteiger partial charge on any atom is -0.368 e. The number of amides is 2. The van der Waals surface area contributed by atoms with Gasteiger partial charge in [-0.15, -0.1) is 0 Å². The van der Waals surface area contributed by atoms with Gasteiger partial charge in [0.25, 0.3) is 0 Å². The summed E-state index contributed by atoms with van der Waals surface area (Å²) in [6, 6.07) is 5.35. The number of rotatable bonds is 4. The summed E-state index contributed by atoms with van der Waals surface area (Å²) < 4.78 is 13.3. The van der Waals surface area contributed by atoms with Crippen LogP contribution in [0.25, 0.3) is 0 Å². The number of nitrogens with two attached hydrogens (primary N) is 1. The molecule has 1 fully saturated rings. The monoisotopic (exact) mass is 264 g/mol. The Labute approximate surface area is 111 Å². The van der Waals surface area contributed by atoms with E-state index in [9.17, 15) is 14.0 Å². The van der Waals surface area contributed by atoms with Crippen molar-refractivity contribution in [3.05, 3.63) is 35.6 Å². The Morgan fingerprint density at radius 1 is 1.42 bits per heavy atom. The van der Waals surface area contributed by atoms with E-state index in [4.69, 9.17) is 5.73 Å². The summed E-state index contributed by atoms with van der Waals surface area (Å²) in [5.41, 5.74) is 5.08. The van der Waals surface area contributed by atoms with Crippen molar-refractivity contribution in [2.45, 2.75) is 37.6 Å². The van der Waals surface area contributed by atoms with Crippen molar-refractivity contribution in [3.8, 4) is 0 Å². The van der Waals surface area contributed by atoms with Crippen molar-refractivity contribution in [1.82, 2.24) is 5.32 Å². The van der Waals surface area contributed by atoms with Crippen molar-refractivity contribution in [1.29, 1.82) is 0 Å². The Morgan fingerprint density at radius 3 is 2.58 bits per heavy atom. The fourth-order valence-electron chi connectivity index (χ4n) is 2.37. The van der Waals surface area contributed by atoms with Crippen LogP contribution in [-0.2, 0) is 15.0 Å². The first-order chi connectivity index (χ1) is 8.95. The fourth-order valence-corrected chi connectivity index (χ4v) is 2.37. The molecule has 0 unspecified atom stereocenters. The van der Waals surface area contributed by atoms with Gasteiger partial charge in [-0.2, -0.15) is 0 Å². The van der Waals surface area contributed by atoms with Gasteiger partial charge in [-0.1, -0.05) is 18.6 Å². The van der Waals surface area contributed by atoms with Gasteiger partial charge in [-0.3, -0.25) is 9.59 Å². The Balaban J connectivity index is 2.23. The molecule has 2 amide bonds.